The van der Waals surface area contributed by atoms with Crippen molar-refractivity contribution >= 4 is 58.4 Å². The molecule has 1 atom stereocenters. The lowest BCUT2D eigenvalue weighted by molar-refractivity contribution is -0.147. The summed E-state index contributed by atoms with van der Waals surface area (Å²) in [7, 11) is 0. The van der Waals surface area contributed by atoms with E-state index in [9.17, 15) is 28.8 Å². The SMILES string of the molecule is CC(C)(C)OC(=O)NCCCCC(=O)OCC(=O)c1cnc(-c2ncc(C(=O)COC(=O)[C@@H]3CCCN3C(=O)OC(C)(C)C)s2)s1. The molecule has 3 rings (SSSR count). The predicted octanol–water partition coefficient (Wildman–Crippen LogP) is 4.81. The van der Waals surface area contributed by atoms with Crippen LogP contribution in [0.2, 0.25) is 0 Å². The lowest BCUT2D eigenvalue weighted by Gasteiger charge is -2.27. The number of hydrogen-bond acceptors (Lipinski definition) is 14. The third-order valence-electron chi connectivity index (χ3n) is 6.08. The molecule has 252 valence electrons. The second kappa shape index (κ2) is 16.1. The van der Waals surface area contributed by atoms with Crippen LogP contribution >= 0.6 is 22.7 Å². The van der Waals surface area contributed by atoms with E-state index in [4.69, 9.17) is 18.9 Å². The quantitative estimate of drug-likeness (QED) is 0.132. The fourth-order valence-corrected chi connectivity index (χ4v) is 5.76. The van der Waals surface area contributed by atoms with Gasteiger partial charge in [0.1, 0.15) is 17.2 Å². The molecule has 1 aliphatic rings. The number of likely N-dealkylation sites (tertiary alicyclic amines) is 1. The normalized spacial score (nSPS) is 14.8. The van der Waals surface area contributed by atoms with E-state index in [0.29, 0.717) is 48.8 Å². The molecule has 0 saturated carbocycles. The molecule has 46 heavy (non-hydrogen) atoms. The van der Waals surface area contributed by atoms with E-state index in [0.717, 1.165) is 22.7 Å². The van der Waals surface area contributed by atoms with Gasteiger partial charge in [0.15, 0.2) is 23.2 Å². The molecule has 0 aromatic carbocycles. The summed E-state index contributed by atoms with van der Waals surface area (Å²) in [5.74, 6) is -2.12. The van der Waals surface area contributed by atoms with Crippen LogP contribution in [0, 0.1) is 0 Å². The molecule has 1 aliphatic heterocycles. The van der Waals surface area contributed by atoms with Gasteiger partial charge in [0.25, 0.3) is 0 Å². The van der Waals surface area contributed by atoms with Gasteiger partial charge in [-0.05, 0) is 67.2 Å². The second-order valence-electron chi connectivity index (χ2n) is 12.4. The van der Waals surface area contributed by atoms with Crippen LogP contribution in [0.1, 0.15) is 93.0 Å². The molecule has 1 fully saturated rings. The van der Waals surface area contributed by atoms with Gasteiger partial charge in [-0.2, -0.15) is 0 Å². The van der Waals surface area contributed by atoms with Crippen LogP contribution in [-0.4, -0.2) is 94.1 Å². The highest BCUT2D eigenvalue weighted by atomic mass is 32.1. The van der Waals surface area contributed by atoms with Gasteiger partial charge >= 0.3 is 24.1 Å². The van der Waals surface area contributed by atoms with Crippen molar-refractivity contribution in [2.75, 3.05) is 26.3 Å². The Kier molecular flexibility index (Phi) is 12.8. The van der Waals surface area contributed by atoms with E-state index in [1.807, 2.05) is 0 Å². The van der Waals surface area contributed by atoms with Gasteiger partial charge < -0.3 is 24.3 Å². The Morgan fingerprint density at radius 1 is 0.848 bits per heavy atom. The van der Waals surface area contributed by atoms with E-state index < -0.39 is 66.1 Å². The van der Waals surface area contributed by atoms with Crippen LogP contribution < -0.4 is 5.32 Å². The number of unbranched alkanes of at least 4 members (excludes halogenated alkanes) is 1. The molecule has 14 nitrogen and oxygen atoms in total. The van der Waals surface area contributed by atoms with Crippen LogP contribution in [0.3, 0.4) is 0 Å². The van der Waals surface area contributed by atoms with Gasteiger partial charge in [-0.15, -0.1) is 22.7 Å². The predicted molar refractivity (Wildman–Crippen MR) is 168 cm³/mol. The van der Waals surface area contributed by atoms with Crippen LogP contribution in [-0.2, 0) is 28.5 Å². The van der Waals surface area contributed by atoms with Gasteiger partial charge in [-0.3, -0.25) is 19.3 Å². The van der Waals surface area contributed by atoms with Gasteiger partial charge in [-0.25, -0.2) is 24.4 Å². The monoisotopic (exact) mass is 680 g/mol. The summed E-state index contributed by atoms with van der Waals surface area (Å²) in [6.07, 6.45) is 3.67. The van der Waals surface area contributed by atoms with Crippen LogP contribution in [0.5, 0.6) is 0 Å². The minimum Gasteiger partial charge on any atom is -0.457 e. The average molecular weight is 681 g/mol. The number of carbonyl (C=O) groups is 6. The van der Waals surface area contributed by atoms with Gasteiger partial charge in [0, 0.05) is 31.9 Å². The minimum absolute atomic E-state index is 0.0884. The lowest BCUT2D eigenvalue weighted by Crippen LogP contribution is -2.44. The fourth-order valence-electron chi connectivity index (χ4n) is 4.05. The summed E-state index contributed by atoms with van der Waals surface area (Å²) < 4.78 is 20.8. The average Bonchev–Trinajstić information content (AvgIpc) is 3.73. The molecule has 1 N–H and O–H groups in total. The molecule has 2 aromatic heterocycles. The van der Waals surface area contributed by atoms with Crippen molar-refractivity contribution in [1.82, 2.24) is 20.2 Å². The number of carbonyl (C=O) groups excluding carboxylic acids is 6. The number of Topliss-reactive ketones (excluding diaryl/α,β-unsaturated/α-hetero) is 2. The Hall–Kier alpha value is -3.92. The van der Waals surface area contributed by atoms with Crippen LogP contribution in [0.4, 0.5) is 9.59 Å². The number of nitrogens with one attached hydrogen (secondary N) is 1. The largest absolute Gasteiger partial charge is 0.457 e. The van der Waals surface area contributed by atoms with Crippen LogP contribution in [0.15, 0.2) is 12.4 Å². The van der Waals surface area contributed by atoms with Crippen molar-refractivity contribution in [2.24, 2.45) is 0 Å². The zero-order chi connectivity index (χ0) is 34.1. The number of nitrogens with zero attached hydrogens (tertiary/aromatic N) is 3. The summed E-state index contributed by atoms with van der Waals surface area (Å²) in [6.45, 7) is 10.2. The maximum atomic E-state index is 12.7. The molecule has 2 aromatic rings. The third kappa shape index (κ3) is 11.8. The number of hydrogen-bond donors (Lipinski definition) is 1. The number of amides is 2. The first-order chi connectivity index (χ1) is 21.5. The number of esters is 2. The van der Waals surface area contributed by atoms with Crippen molar-refractivity contribution in [3.05, 3.63) is 22.1 Å². The summed E-state index contributed by atoms with van der Waals surface area (Å²) in [4.78, 5) is 84.2. The summed E-state index contributed by atoms with van der Waals surface area (Å²) in [5.41, 5.74) is -1.30. The first kappa shape index (κ1) is 36.5. The molecule has 0 aliphatic carbocycles. The number of alkyl carbamates (subject to hydrolysis) is 1. The van der Waals surface area contributed by atoms with Crippen molar-refractivity contribution in [1.29, 1.82) is 0 Å². The van der Waals surface area contributed by atoms with E-state index in [-0.39, 0.29) is 16.2 Å². The lowest BCUT2D eigenvalue weighted by atomic mass is 10.2. The highest BCUT2D eigenvalue weighted by Gasteiger charge is 2.38. The van der Waals surface area contributed by atoms with E-state index in [1.54, 1.807) is 41.5 Å². The van der Waals surface area contributed by atoms with E-state index in [1.165, 1.54) is 17.3 Å². The number of aromatic nitrogens is 2. The molecule has 0 radical (unpaired) electrons. The van der Waals surface area contributed by atoms with Crippen molar-refractivity contribution in [2.45, 2.75) is 90.9 Å². The first-order valence-electron chi connectivity index (χ1n) is 14.8. The zero-order valence-electron chi connectivity index (χ0n) is 26.8. The maximum Gasteiger partial charge on any atom is 0.411 e. The first-order valence-corrected chi connectivity index (χ1v) is 16.4. The standard InChI is InChI=1S/C30H40N4O10S2/c1-29(2,3)43-27(39)31-12-8-7-11-23(37)41-16-19(35)21-14-32-24(45-21)25-33-15-22(46-25)20(36)17-42-26(38)18-10-9-13-34(18)28(40)44-30(4,5)6/h14-15,18H,7-13,16-17H2,1-6H3,(H,31,39)/t18-/m0/s1. The third-order valence-corrected chi connectivity index (χ3v) is 8.30. The van der Waals surface area contributed by atoms with Crippen molar-refractivity contribution in [3.8, 4) is 10.0 Å². The molecule has 0 bridgehead atoms. The highest BCUT2D eigenvalue weighted by Crippen LogP contribution is 2.30. The minimum atomic E-state index is -0.821. The summed E-state index contributed by atoms with van der Waals surface area (Å²) in [5, 5.41) is 3.40. The van der Waals surface area contributed by atoms with Gasteiger partial charge in [-0.1, -0.05) is 0 Å². The smallest absolute Gasteiger partial charge is 0.411 e. The van der Waals surface area contributed by atoms with Gasteiger partial charge in [0.2, 0.25) is 11.6 Å². The van der Waals surface area contributed by atoms with E-state index in [2.05, 4.69) is 15.3 Å². The zero-order valence-corrected chi connectivity index (χ0v) is 28.5. The number of rotatable bonds is 13. The van der Waals surface area contributed by atoms with Gasteiger partial charge in [0.05, 0.1) is 9.75 Å². The van der Waals surface area contributed by atoms with Crippen LogP contribution in [0.25, 0.3) is 10.0 Å². The number of ether oxygens (including phenoxy) is 4. The number of ketones is 2. The molecule has 0 unspecified atom stereocenters. The Bertz CT molecular complexity index is 1420. The Balaban J connectivity index is 1.41. The highest BCUT2D eigenvalue weighted by molar-refractivity contribution is 7.23. The molecule has 16 heteroatoms. The fraction of sp³-hybridized carbons (Fsp3) is 0.600. The molecular formula is C30H40N4O10S2. The number of thiazole rings is 2. The second-order valence-corrected chi connectivity index (χ2v) is 14.5. The Labute approximate surface area is 275 Å². The summed E-state index contributed by atoms with van der Waals surface area (Å²) in [6, 6.07) is -0.821. The Morgan fingerprint density at radius 3 is 1.98 bits per heavy atom. The molecule has 3 heterocycles. The molecule has 0 spiro atoms. The topological polar surface area (TPSA) is 180 Å². The molecule has 2 amide bonds. The summed E-state index contributed by atoms with van der Waals surface area (Å²) >= 11 is 2.07. The van der Waals surface area contributed by atoms with Crippen molar-refractivity contribution < 1.29 is 47.7 Å². The molecule has 1 saturated heterocycles. The maximum absolute atomic E-state index is 12.7. The Morgan fingerprint density at radius 2 is 1.41 bits per heavy atom. The molecular weight excluding hydrogens is 640 g/mol. The van der Waals surface area contributed by atoms with E-state index >= 15 is 0 Å². The van der Waals surface area contributed by atoms with Crippen molar-refractivity contribution in [3.63, 3.8) is 0 Å².